The Balaban J connectivity index is 1.33. The summed E-state index contributed by atoms with van der Waals surface area (Å²) in [6.07, 6.45) is 11.0. The molecular formula is C19H29N3O3. The van der Waals surface area contributed by atoms with E-state index in [1.807, 2.05) is 0 Å². The molecule has 25 heavy (non-hydrogen) atoms. The number of hydrogen-bond donors (Lipinski definition) is 0. The van der Waals surface area contributed by atoms with Gasteiger partial charge in [0, 0.05) is 31.7 Å². The number of carbonyl (C=O) groups is 1. The summed E-state index contributed by atoms with van der Waals surface area (Å²) in [5.41, 5.74) is 0.263. The molecule has 1 saturated carbocycles. The topological polar surface area (TPSA) is 58.8 Å². The highest BCUT2D eigenvalue weighted by molar-refractivity contribution is 5.86. The number of fused-ring (bicyclic) bond motifs is 1. The Labute approximate surface area is 149 Å². The number of carbonyl (C=O) groups excluding carboxylic acids is 1. The fourth-order valence-corrected chi connectivity index (χ4v) is 5.04. The zero-order chi connectivity index (χ0) is 17.2. The van der Waals surface area contributed by atoms with Crippen molar-refractivity contribution in [3.8, 4) is 0 Å². The summed E-state index contributed by atoms with van der Waals surface area (Å²) in [4.78, 5) is 21.0. The van der Waals surface area contributed by atoms with Crippen molar-refractivity contribution in [3.05, 3.63) is 17.8 Å². The smallest absolute Gasteiger partial charge is 0.360 e. The maximum Gasteiger partial charge on any atom is 0.360 e. The third-order valence-corrected chi connectivity index (χ3v) is 6.31. The number of hydrogen-bond acceptors (Lipinski definition) is 6. The standard InChI is InChI=1S/C19H29N3O3/c1-24-19(23)15-13-25-18(20-15)12-22-10-8-16-17(22)7-9-21(16)11-14-5-3-2-4-6-14/h13-14,16-17H,2-12H2,1H3/t16-,17-/m0/s1. The zero-order valence-corrected chi connectivity index (χ0v) is 15.2. The third-order valence-electron chi connectivity index (χ3n) is 6.31. The van der Waals surface area contributed by atoms with Gasteiger partial charge in [-0.3, -0.25) is 9.80 Å². The molecule has 0 spiro atoms. The van der Waals surface area contributed by atoms with Gasteiger partial charge in [0.15, 0.2) is 5.69 Å². The first-order chi connectivity index (χ1) is 12.2. The summed E-state index contributed by atoms with van der Waals surface area (Å²) in [6.45, 7) is 4.30. The zero-order valence-electron chi connectivity index (χ0n) is 15.2. The van der Waals surface area contributed by atoms with E-state index in [0.717, 1.165) is 12.5 Å². The highest BCUT2D eigenvalue weighted by Crippen LogP contribution is 2.35. The quantitative estimate of drug-likeness (QED) is 0.763. The van der Waals surface area contributed by atoms with Gasteiger partial charge in [0.2, 0.25) is 5.89 Å². The fourth-order valence-electron chi connectivity index (χ4n) is 5.04. The highest BCUT2D eigenvalue weighted by atomic mass is 16.5. The van der Waals surface area contributed by atoms with Gasteiger partial charge in [-0.2, -0.15) is 0 Å². The molecule has 0 bridgehead atoms. The normalized spacial score (nSPS) is 28.4. The summed E-state index contributed by atoms with van der Waals surface area (Å²) in [5.74, 6) is 1.09. The summed E-state index contributed by atoms with van der Waals surface area (Å²) < 4.78 is 10.2. The van der Waals surface area contributed by atoms with E-state index >= 15 is 0 Å². The van der Waals surface area contributed by atoms with E-state index in [1.54, 1.807) is 0 Å². The largest absolute Gasteiger partial charge is 0.464 e. The molecule has 0 radical (unpaired) electrons. The molecule has 1 aromatic rings. The van der Waals surface area contributed by atoms with E-state index in [1.165, 1.54) is 71.4 Å². The molecule has 1 aromatic heterocycles. The molecule has 138 valence electrons. The number of likely N-dealkylation sites (tertiary alicyclic amines) is 2. The lowest BCUT2D eigenvalue weighted by Crippen LogP contribution is -2.38. The van der Waals surface area contributed by atoms with E-state index in [4.69, 9.17) is 9.15 Å². The number of ether oxygens (including phenoxy) is 1. The summed E-state index contributed by atoms with van der Waals surface area (Å²) >= 11 is 0. The van der Waals surface area contributed by atoms with Crippen LogP contribution in [-0.4, -0.2) is 59.6 Å². The van der Waals surface area contributed by atoms with E-state index in [-0.39, 0.29) is 5.69 Å². The predicted octanol–water partition coefficient (Wildman–Crippen LogP) is 2.69. The van der Waals surface area contributed by atoms with Gasteiger partial charge in [0.1, 0.15) is 6.26 Å². The number of esters is 1. The molecule has 2 aliphatic heterocycles. The van der Waals surface area contributed by atoms with Crippen LogP contribution < -0.4 is 0 Å². The SMILES string of the molecule is COC(=O)c1coc(CN2CC[C@H]3[C@@H]2CCN3CC2CCCCC2)n1. The Kier molecular flexibility index (Phi) is 5.08. The first-order valence-corrected chi connectivity index (χ1v) is 9.75. The molecule has 3 fully saturated rings. The average molecular weight is 347 g/mol. The van der Waals surface area contributed by atoms with Crippen molar-refractivity contribution in [2.45, 2.75) is 63.6 Å². The van der Waals surface area contributed by atoms with E-state index < -0.39 is 5.97 Å². The van der Waals surface area contributed by atoms with Crippen LogP contribution in [0.3, 0.4) is 0 Å². The first-order valence-electron chi connectivity index (χ1n) is 9.75. The molecule has 3 heterocycles. The lowest BCUT2D eigenvalue weighted by molar-refractivity contribution is 0.0594. The van der Waals surface area contributed by atoms with Crippen molar-refractivity contribution in [1.82, 2.24) is 14.8 Å². The van der Waals surface area contributed by atoms with Crippen LogP contribution in [0.2, 0.25) is 0 Å². The molecule has 0 unspecified atom stereocenters. The van der Waals surface area contributed by atoms with Crippen molar-refractivity contribution in [1.29, 1.82) is 0 Å². The van der Waals surface area contributed by atoms with Gasteiger partial charge in [-0.05, 0) is 31.6 Å². The van der Waals surface area contributed by atoms with Crippen LogP contribution in [0.15, 0.2) is 10.7 Å². The number of aromatic nitrogens is 1. The minimum Gasteiger partial charge on any atom is -0.464 e. The molecule has 1 aliphatic carbocycles. The van der Waals surface area contributed by atoms with Crippen LogP contribution >= 0.6 is 0 Å². The molecule has 0 aromatic carbocycles. The fraction of sp³-hybridized carbons (Fsp3) is 0.789. The number of methoxy groups -OCH3 is 1. The van der Waals surface area contributed by atoms with Gasteiger partial charge < -0.3 is 9.15 Å². The van der Waals surface area contributed by atoms with E-state index in [9.17, 15) is 4.79 Å². The molecule has 0 N–H and O–H groups in total. The first kappa shape index (κ1) is 17.0. The van der Waals surface area contributed by atoms with Crippen molar-refractivity contribution in [2.75, 3.05) is 26.7 Å². The third kappa shape index (κ3) is 3.60. The van der Waals surface area contributed by atoms with Crippen molar-refractivity contribution in [3.63, 3.8) is 0 Å². The lowest BCUT2D eigenvalue weighted by atomic mass is 9.89. The molecule has 6 nitrogen and oxygen atoms in total. The van der Waals surface area contributed by atoms with E-state index in [2.05, 4.69) is 14.8 Å². The Morgan fingerprint density at radius 1 is 1.16 bits per heavy atom. The van der Waals surface area contributed by atoms with Crippen LogP contribution in [-0.2, 0) is 11.3 Å². The predicted molar refractivity (Wildman–Crippen MR) is 93.2 cm³/mol. The van der Waals surface area contributed by atoms with Crippen molar-refractivity contribution in [2.24, 2.45) is 5.92 Å². The summed E-state index contributed by atoms with van der Waals surface area (Å²) in [5, 5.41) is 0. The maximum atomic E-state index is 11.5. The molecular weight excluding hydrogens is 318 g/mol. The second-order valence-electron chi connectivity index (χ2n) is 7.80. The molecule has 2 saturated heterocycles. The lowest BCUT2D eigenvalue weighted by Gasteiger charge is -2.30. The molecule has 3 aliphatic rings. The maximum absolute atomic E-state index is 11.5. The highest BCUT2D eigenvalue weighted by Gasteiger charge is 2.43. The molecule has 2 atom stereocenters. The number of nitrogens with zero attached hydrogens (tertiary/aromatic N) is 3. The van der Waals surface area contributed by atoms with Gasteiger partial charge in [0.25, 0.3) is 0 Å². The average Bonchev–Trinajstić information content (AvgIpc) is 3.35. The second-order valence-corrected chi connectivity index (χ2v) is 7.80. The minimum atomic E-state index is -0.436. The van der Waals surface area contributed by atoms with Crippen LogP contribution in [0.1, 0.15) is 61.3 Å². The minimum absolute atomic E-state index is 0.263. The van der Waals surface area contributed by atoms with Crippen LogP contribution in [0.4, 0.5) is 0 Å². The Morgan fingerprint density at radius 3 is 2.64 bits per heavy atom. The Hall–Kier alpha value is -1.40. The Bertz CT molecular complexity index is 596. The van der Waals surface area contributed by atoms with Crippen molar-refractivity contribution < 1.29 is 13.9 Å². The van der Waals surface area contributed by atoms with Crippen LogP contribution in [0, 0.1) is 5.92 Å². The van der Waals surface area contributed by atoms with Gasteiger partial charge in [-0.1, -0.05) is 19.3 Å². The van der Waals surface area contributed by atoms with Gasteiger partial charge in [0.05, 0.1) is 13.7 Å². The van der Waals surface area contributed by atoms with Gasteiger partial charge >= 0.3 is 5.97 Å². The second kappa shape index (κ2) is 7.46. The van der Waals surface area contributed by atoms with Gasteiger partial charge in [-0.15, -0.1) is 0 Å². The molecule has 6 heteroatoms. The summed E-state index contributed by atoms with van der Waals surface area (Å²) in [6, 6.07) is 1.30. The van der Waals surface area contributed by atoms with E-state index in [0.29, 0.717) is 24.5 Å². The van der Waals surface area contributed by atoms with Crippen LogP contribution in [0.25, 0.3) is 0 Å². The Morgan fingerprint density at radius 2 is 1.88 bits per heavy atom. The van der Waals surface area contributed by atoms with Gasteiger partial charge in [-0.25, -0.2) is 9.78 Å². The van der Waals surface area contributed by atoms with Crippen LogP contribution in [0.5, 0.6) is 0 Å². The van der Waals surface area contributed by atoms with Crippen molar-refractivity contribution >= 4 is 5.97 Å². The number of rotatable bonds is 5. The molecule has 0 amide bonds. The summed E-state index contributed by atoms with van der Waals surface area (Å²) in [7, 11) is 1.36. The number of oxazole rings is 1. The monoisotopic (exact) mass is 347 g/mol. The molecule has 4 rings (SSSR count).